The molecule has 21 heavy (non-hydrogen) atoms. The van der Waals surface area contributed by atoms with E-state index >= 15 is 0 Å². The van der Waals surface area contributed by atoms with Crippen LogP contribution < -0.4 is 5.32 Å². The third-order valence-corrected chi connectivity index (χ3v) is 4.27. The number of nitrogens with one attached hydrogen (secondary N) is 1. The Balaban J connectivity index is 1.49. The van der Waals surface area contributed by atoms with Crippen LogP contribution in [0, 0.1) is 0 Å². The Labute approximate surface area is 125 Å². The van der Waals surface area contributed by atoms with Gasteiger partial charge in [-0.15, -0.1) is 0 Å². The van der Waals surface area contributed by atoms with Gasteiger partial charge in [0.2, 0.25) is 0 Å². The molecule has 1 fully saturated rings. The Bertz CT molecular complexity index is 611. The second kappa shape index (κ2) is 6.72. The molecule has 3 rings (SSSR count). The van der Waals surface area contributed by atoms with Gasteiger partial charge in [0.25, 0.3) is 0 Å². The lowest BCUT2D eigenvalue weighted by atomic mass is 10.1. The monoisotopic (exact) mass is 282 g/mol. The fourth-order valence-electron chi connectivity index (χ4n) is 3.10. The second-order valence-corrected chi connectivity index (χ2v) is 5.72. The summed E-state index contributed by atoms with van der Waals surface area (Å²) in [6.45, 7) is 3.02. The molecule has 2 aromatic carbocycles. The number of fused-ring (bicyclic) bond motifs is 1. The van der Waals surface area contributed by atoms with E-state index < -0.39 is 0 Å². The van der Waals surface area contributed by atoms with E-state index in [9.17, 15) is 4.79 Å². The van der Waals surface area contributed by atoms with Crippen molar-refractivity contribution in [2.24, 2.45) is 0 Å². The molecule has 0 bridgehead atoms. The van der Waals surface area contributed by atoms with Gasteiger partial charge < -0.3 is 10.1 Å². The van der Waals surface area contributed by atoms with Crippen LogP contribution >= 0.6 is 0 Å². The van der Waals surface area contributed by atoms with Crippen LogP contribution in [0.4, 0.5) is 5.69 Å². The van der Waals surface area contributed by atoms with Crippen LogP contribution in [0.1, 0.15) is 19.3 Å². The summed E-state index contributed by atoms with van der Waals surface area (Å²) >= 11 is 0. The third-order valence-electron chi connectivity index (χ3n) is 4.27. The van der Waals surface area contributed by atoms with E-state index in [0.717, 1.165) is 45.2 Å². The van der Waals surface area contributed by atoms with Gasteiger partial charge in [-0.25, -0.2) is 0 Å². The summed E-state index contributed by atoms with van der Waals surface area (Å²) in [7, 11) is 0. The number of anilines is 1. The second-order valence-electron chi connectivity index (χ2n) is 5.72. The van der Waals surface area contributed by atoms with Gasteiger partial charge in [0.05, 0.1) is 6.04 Å². The van der Waals surface area contributed by atoms with Gasteiger partial charge in [-0.05, 0) is 48.7 Å². The van der Waals surface area contributed by atoms with Crippen LogP contribution in [0.5, 0.6) is 0 Å². The molecule has 0 spiro atoms. The van der Waals surface area contributed by atoms with Gasteiger partial charge in [-0.2, -0.15) is 0 Å². The Morgan fingerprint density at radius 3 is 2.90 bits per heavy atom. The molecule has 1 saturated heterocycles. The Hall–Kier alpha value is -1.87. The third kappa shape index (κ3) is 3.42. The average Bonchev–Trinajstić information content (AvgIpc) is 2.99. The number of aldehydes is 1. The zero-order chi connectivity index (χ0) is 14.5. The maximum absolute atomic E-state index is 10.9. The molecule has 0 aliphatic carbocycles. The first kappa shape index (κ1) is 14.1. The number of carbonyl (C=O) groups excluding carboxylic acids is 1. The summed E-state index contributed by atoms with van der Waals surface area (Å²) in [6.07, 6.45) is 4.35. The first-order valence-corrected chi connectivity index (χ1v) is 7.79. The Kier molecular flexibility index (Phi) is 4.51. The first-order chi connectivity index (χ1) is 10.4. The van der Waals surface area contributed by atoms with E-state index in [4.69, 9.17) is 0 Å². The summed E-state index contributed by atoms with van der Waals surface area (Å²) in [4.78, 5) is 13.2. The normalized spacial score (nSPS) is 19.0. The average molecular weight is 282 g/mol. The first-order valence-electron chi connectivity index (χ1n) is 7.79. The largest absolute Gasteiger partial charge is 0.385 e. The van der Waals surface area contributed by atoms with E-state index in [-0.39, 0.29) is 6.04 Å². The van der Waals surface area contributed by atoms with Crippen LogP contribution in [-0.4, -0.2) is 36.9 Å². The SMILES string of the molecule is O=CC1CCCN1CCCNc1ccc2ccccc2c1. The van der Waals surface area contributed by atoms with Crippen LogP contribution in [0.3, 0.4) is 0 Å². The van der Waals surface area contributed by atoms with Crippen LogP contribution in [0.2, 0.25) is 0 Å². The minimum atomic E-state index is 0.158. The summed E-state index contributed by atoms with van der Waals surface area (Å²) in [5, 5.41) is 6.02. The molecule has 1 unspecified atom stereocenters. The molecule has 1 aliphatic rings. The van der Waals surface area contributed by atoms with E-state index in [2.05, 4.69) is 52.7 Å². The van der Waals surface area contributed by atoms with E-state index in [1.807, 2.05) is 0 Å². The van der Waals surface area contributed by atoms with Gasteiger partial charge in [0.1, 0.15) is 6.29 Å². The number of hydrogen-bond acceptors (Lipinski definition) is 3. The minimum Gasteiger partial charge on any atom is -0.385 e. The van der Waals surface area contributed by atoms with Crippen LogP contribution in [0.15, 0.2) is 42.5 Å². The van der Waals surface area contributed by atoms with Gasteiger partial charge in [0, 0.05) is 18.8 Å². The number of carbonyl (C=O) groups is 1. The van der Waals surface area contributed by atoms with Crippen molar-refractivity contribution in [3.63, 3.8) is 0 Å². The fourth-order valence-corrected chi connectivity index (χ4v) is 3.10. The van der Waals surface area contributed by atoms with Crippen LogP contribution in [0.25, 0.3) is 10.8 Å². The molecule has 2 aromatic rings. The molecule has 0 saturated carbocycles. The fraction of sp³-hybridized carbons (Fsp3) is 0.389. The van der Waals surface area contributed by atoms with Crippen LogP contribution in [-0.2, 0) is 4.79 Å². The maximum Gasteiger partial charge on any atom is 0.137 e. The Morgan fingerprint density at radius 1 is 1.19 bits per heavy atom. The molecule has 0 amide bonds. The summed E-state index contributed by atoms with van der Waals surface area (Å²) in [6, 6.07) is 15.0. The quantitative estimate of drug-likeness (QED) is 0.651. The van der Waals surface area contributed by atoms with Gasteiger partial charge in [-0.3, -0.25) is 4.90 Å². The zero-order valence-corrected chi connectivity index (χ0v) is 12.3. The summed E-state index contributed by atoms with van der Waals surface area (Å²) in [5.41, 5.74) is 1.17. The molecule has 3 heteroatoms. The molecule has 110 valence electrons. The molecule has 0 aromatic heterocycles. The molecule has 1 atom stereocenters. The smallest absolute Gasteiger partial charge is 0.137 e. The van der Waals surface area contributed by atoms with E-state index in [0.29, 0.717) is 0 Å². The number of likely N-dealkylation sites (tertiary alicyclic amines) is 1. The maximum atomic E-state index is 10.9. The summed E-state index contributed by atoms with van der Waals surface area (Å²) in [5.74, 6) is 0. The highest BCUT2D eigenvalue weighted by Gasteiger charge is 2.22. The van der Waals surface area contributed by atoms with Gasteiger partial charge >= 0.3 is 0 Å². The molecule has 1 N–H and O–H groups in total. The predicted molar refractivity (Wildman–Crippen MR) is 87.7 cm³/mol. The van der Waals surface area contributed by atoms with Crippen molar-refractivity contribution in [1.29, 1.82) is 0 Å². The van der Waals surface area contributed by atoms with Crippen molar-refractivity contribution in [2.45, 2.75) is 25.3 Å². The molecular weight excluding hydrogens is 260 g/mol. The van der Waals surface area contributed by atoms with Crippen molar-refractivity contribution < 1.29 is 4.79 Å². The minimum absolute atomic E-state index is 0.158. The van der Waals surface area contributed by atoms with Crippen molar-refractivity contribution in [1.82, 2.24) is 4.90 Å². The number of nitrogens with zero attached hydrogens (tertiary/aromatic N) is 1. The predicted octanol–water partition coefficient (Wildman–Crippen LogP) is 3.31. The summed E-state index contributed by atoms with van der Waals surface area (Å²) < 4.78 is 0. The highest BCUT2D eigenvalue weighted by molar-refractivity contribution is 5.85. The number of benzene rings is 2. The molecular formula is C18H22N2O. The Morgan fingerprint density at radius 2 is 2.05 bits per heavy atom. The lowest BCUT2D eigenvalue weighted by Gasteiger charge is -2.19. The molecule has 1 heterocycles. The van der Waals surface area contributed by atoms with E-state index in [1.54, 1.807) is 0 Å². The highest BCUT2D eigenvalue weighted by atomic mass is 16.1. The number of hydrogen-bond donors (Lipinski definition) is 1. The van der Waals surface area contributed by atoms with E-state index in [1.165, 1.54) is 16.5 Å². The van der Waals surface area contributed by atoms with Crippen molar-refractivity contribution in [3.8, 4) is 0 Å². The van der Waals surface area contributed by atoms with Crippen molar-refractivity contribution in [2.75, 3.05) is 25.0 Å². The van der Waals surface area contributed by atoms with Crippen molar-refractivity contribution in [3.05, 3.63) is 42.5 Å². The zero-order valence-electron chi connectivity index (χ0n) is 12.3. The molecule has 3 nitrogen and oxygen atoms in total. The van der Waals surface area contributed by atoms with Crippen molar-refractivity contribution >= 4 is 22.7 Å². The molecule has 1 aliphatic heterocycles. The lowest BCUT2D eigenvalue weighted by molar-refractivity contribution is -0.111. The molecule has 0 radical (unpaired) electrons. The number of rotatable bonds is 6. The van der Waals surface area contributed by atoms with Gasteiger partial charge in [-0.1, -0.05) is 30.3 Å². The van der Waals surface area contributed by atoms with Gasteiger partial charge in [0.15, 0.2) is 0 Å². The standard InChI is InChI=1S/C18H22N2O/c21-14-18-7-3-11-20(18)12-4-10-19-17-9-8-15-5-1-2-6-16(15)13-17/h1-2,5-6,8-9,13-14,18-19H,3-4,7,10-12H2. The topological polar surface area (TPSA) is 32.3 Å². The lowest BCUT2D eigenvalue weighted by Crippen LogP contribution is -2.32. The highest BCUT2D eigenvalue weighted by Crippen LogP contribution is 2.19.